The zero-order chi connectivity index (χ0) is 11.8. The van der Waals surface area contributed by atoms with Crippen LogP contribution in [0, 0.1) is 11.8 Å². The Morgan fingerprint density at radius 3 is 2.69 bits per heavy atom. The molecule has 1 rings (SSSR count). The lowest BCUT2D eigenvalue weighted by atomic mass is 10.0. The summed E-state index contributed by atoms with van der Waals surface area (Å²) >= 11 is 0. The summed E-state index contributed by atoms with van der Waals surface area (Å²) in [5.41, 5.74) is 5.69. The van der Waals surface area contributed by atoms with Gasteiger partial charge in [0.05, 0.1) is 6.61 Å². The van der Waals surface area contributed by atoms with Crippen molar-refractivity contribution in [1.82, 2.24) is 4.90 Å². The Bertz CT molecular complexity index is 167. The Labute approximate surface area is 100 Å². The molecule has 0 heterocycles. The number of likely N-dealkylation sites (N-methyl/N-ethyl adjacent to an activating group) is 1. The molecule has 2 N–H and O–H groups in total. The van der Waals surface area contributed by atoms with Gasteiger partial charge < -0.3 is 15.4 Å². The minimum Gasteiger partial charge on any atom is -0.380 e. The van der Waals surface area contributed by atoms with Crippen molar-refractivity contribution >= 4 is 0 Å². The lowest BCUT2D eigenvalue weighted by Gasteiger charge is -2.19. The topological polar surface area (TPSA) is 38.5 Å². The first-order valence-electron chi connectivity index (χ1n) is 6.72. The third kappa shape index (κ3) is 6.46. The van der Waals surface area contributed by atoms with Gasteiger partial charge in [-0.05, 0) is 51.2 Å². The van der Waals surface area contributed by atoms with E-state index in [9.17, 15) is 0 Å². The van der Waals surface area contributed by atoms with E-state index in [0.29, 0.717) is 5.92 Å². The van der Waals surface area contributed by atoms with Gasteiger partial charge >= 0.3 is 0 Å². The summed E-state index contributed by atoms with van der Waals surface area (Å²) in [6.45, 7) is 7.09. The van der Waals surface area contributed by atoms with Crippen LogP contribution in [0.5, 0.6) is 0 Å². The molecular formula is C13H28N2O. The average molecular weight is 228 g/mol. The standard InChI is InChI=1S/C13H28N2O/c1-3-12(10-14)6-7-15(2)8-9-16-11-13-4-5-13/h12-13H,3-11,14H2,1-2H3. The van der Waals surface area contributed by atoms with Crippen LogP contribution < -0.4 is 5.73 Å². The number of nitrogens with two attached hydrogens (primary N) is 1. The fourth-order valence-corrected chi connectivity index (χ4v) is 1.76. The molecule has 0 bridgehead atoms. The molecule has 0 aromatic heterocycles. The molecule has 1 aliphatic rings. The summed E-state index contributed by atoms with van der Waals surface area (Å²) in [5, 5.41) is 0. The van der Waals surface area contributed by atoms with E-state index in [2.05, 4.69) is 18.9 Å². The van der Waals surface area contributed by atoms with Crippen LogP contribution in [0.15, 0.2) is 0 Å². The van der Waals surface area contributed by atoms with Crippen molar-refractivity contribution < 1.29 is 4.74 Å². The Balaban J connectivity index is 1.90. The highest BCUT2D eigenvalue weighted by Gasteiger charge is 2.20. The first-order chi connectivity index (χ1) is 7.76. The van der Waals surface area contributed by atoms with Gasteiger partial charge in [0, 0.05) is 13.2 Å². The van der Waals surface area contributed by atoms with E-state index in [0.717, 1.165) is 38.8 Å². The number of ether oxygens (including phenoxy) is 1. The summed E-state index contributed by atoms with van der Waals surface area (Å²) in [6.07, 6.45) is 5.17. The molecule has 0 spiro atoms. The molecule has 0 aromatic rings. The maximum absolute atomic E-state index is 5.69. The van der Waals surface area contributed by atoms with Crippen LogP contribution >= 0.6 is 0 Å². The van der Waals surface area contributed by atoms with Crippen molar-refractivity contribution in [1.29, 1.82) is 0 Å². The van der Waals surface area contributed by atoms with Crippen molar-refractivity contribution in [2.24, 2.45) is 17.6 Å². The fourth-order valence-electron chi connectivity index (χ4n) is 1.76. The van der Waals surface area contributed by atoms with Crippen LogP contribution in [0.2, 0.25) is 0 Å². The first kappa shape index (κ1) is 13.9. The quantitative estimate of drug-likeness (QED) is 0.579. The summed E-state index contributed by atoms with van der Waals surface area (Å²) in [6, 6.07) is 0. The second-order valence-electron chi connectivity index (χ2n) is 5.12. The van der Waals surface area contributed by atoms with Crippen LogP contribution in [0.3, 0.4) is 0 Å². The number of hydrogen-bond acceptors (Lipinski definition) is 3. The number of hydrogen-bond donors (Lipinski definition) is 1. The van der Waals surface area contributed by atoms with E-state index in [1.54, 1.807) is 0 Å². The molecule has 0 radical (unpaired) electrons. The Hall–Kier alpha value is -0.120. The molecule has 0 aromatic carbocycles. The minimum atomic E-state index is 0.690. The van der Waals surface area contributed by atoms with Gasteiger partial charge in [-0.25, -0.2) is 0 Å². The highest BCUT2D eigenvalue weighted by atomic mass is 16.5. The van der Waals surface area contributed by atoms with E-state index in [-0.39, 0.29) is 0 Å². The predicted molar refractivity (Wildman–Crippen MR) is 68.5 cm³/mol. The average Bonchev–Trinajstić information content (AvgIpc) is 3.10. The normalized spacial score (nSPS) is 18.0. The molecule has 0 saturated heterocycles. The molecule has 1 unspecified atom stereocenters. The monoisotopic (exact) mass is 228 g/mol. The third-order valence-electron chi connectivity index (χ3n) is 3.50. The van der Waals surface area contributed by atoms with Gasteiger partial charge in [0.2, 0.25) is 0 Å². The Morgan fingerprint density at radius 1 is 1.38 bits per heavy atom. The largest absolute Gasteiger partial charge is 0.380 e. The molecule has 1 atom stereocenters. The third-order valence-corrected chi connectivity index (χ3v) is 3.50. The van der Waals surface area contributed by atoms with E-state index in [4.69, 9.17) is 10.5 Å². The van der Waals surface area contributed by atoms with Crippen molar-refractivity contribution in [2.75, 3.05) is 39.9 Å². The van der Waals surface area contributed by atoms with Crippen LogP contribution in [-0.4, -0.2) is 44.8 Å². The van der Waals surface area contributed by atoms with E-state index in [1.165, 1.54) is 25.7 Å². The maximum atomic E-state index is 5.69. The second kappa shape index (κ2) is 8.04. The lowest BCUT2D eigenvalue weighted by Crippen LogP contribution is -2.27. The van der Waals surface area contributed by atoms with Crippen LogP contribution in [0.25, 0.3) is 0 Å². The predicted octanol–water partition coefficient (Wildman–Crippen LogP) is 1.72. The molecule has 0 aliphatic heterocycles. The van der Waals surface area contributed by atoms with Gasteiger partial charge in [-0.2, -0.15) is 0 Å². The zero-order valence-electron chi connectivity index (χ0n) is 11.0. The van der Waals surface area contributed by atoms with Gasteiger partial charge in [0.1, 0.15) is 0 Å². The number of rotatable bonds is 10. The van der Waals surface area contributed by atoms with Crippen molar-refractivity contribution in [2.45, 2.75) is 32.6 Å². The molecule has 0 amide bonds. The van der Waals surface area contributed by atoms with Crippen LogP contribution in [-0.2, 0) is 4.74 Å². The lowest BCUT2D eigenvalue weighted by molar-refractivity contribution is 0.102. The number of nitrogens with zero attached hydrogens (tertiary/aromatic N) is 1. The van der Waals surface area contributed by atoms with Gasteiger partial charge in [0.15, 0.2) is 0 Å². The fraction of sp³-hybridized carbons (Fsp3) is 1.00. The molecule has 1 saturated carbocycles. The SMILES string of the molecule is CCC(CN)CCN(C)CCOCC1CC1. The van der Waals surface area contributed by atoms with E-state index in [1.807, 2.05) is 0 Å². The summed E-state index contributed by atoms with van der Waals surface area (Å²) in [7, 11) is 2.17. The van der Waals surface area contributed by atoms with E-state index >= 15 is 0 Å². The van der Waals surface area contributed by atoms with Crippen molar-refractivity contribution in [3.05, 3.63) is 0 Å². The Kier molecular flexibility index (Phi) is 7.01. The van der Waals surface area contributed by atoms with Crippen LogP contribution in [0.1, 0.15) is 32.6 Å². The molecule has 1 fully saturated rings. The molecular weight excluding hydrogens is 200 g/mol. The minimum absolute atomic E-state index is 0.690. The highest BCUT2D eigenvalue weighted by molar-refractivity contribution is 4.72. The molecule has 1 aliphatic carbocycles. The van der Waals surface area contributed by atoms with Crippen molar-refractivity contribution in [3.63, 3.8) is 0 Å². The maximum Gasteiger partial charge on any atom is 0.0593 e. The summed E-state index contributed by atoms with van der Waals surface area (Å²) < 4.78 is 5.62. The molecule has 3 heteroatoms. The van der Waals surface area contributed by atoms with Gasteiger partial charge in [-0.15, -0.1) is 0 Å². The van der Waals surface area contributed by atoms with Gasteiger partial charge in [0.25, 0.3) is 0 Å². The highest BCUT2D eigenvalue weighted by Crippen LogP contribution is 2.28. The van der Waals surface area contributed by atoms with Crippen molar-refractivity contribution in [3.8, 4) is 0 Å². The molecule has 3 nitrogen and oxygen atoms in total. The molecule has 16 heavy (non-hydrogen) atoms. The van der Waals surface area contributed by atoms with Gasteiger partial charge in [-0.1, -0.05) is 13.3 Å². The Morgan fingerprint density at radius 2 is 2.12 bits per heavy atom. The zero-order valence-corrected chi connectivity index (χ0v) is 11.0. The second-order valence-corrected chi connectivity index (χ2v) is 5.12. The molecule has 96 valence electrons. The van der Waals surface area contributed by atoms with Gasteiger partial charge in [-0.3, -0.25) is 0 Å². The van der Waals surface area contributed by atoms with E-state index < -0.39 is 0 Å². The smallest absolute Gasteiger partial charge is 0.0593 e. The summed E-state index contributed by atoms with van der Waals surface area (Å²) in [5.74, 6) is 1.57. The summed E-state index contributed by atoms with van der Waals surface area (Å²) in [4.78, 5) is 2.35. The first-order valence-corrected chi connectivity index (χ1v) is 6.72. The van der Waals surface area contributed by atoms with Crippen LogP contribution in [0.4, 0.5) is 0 Å².